The molecule has 1 aromatic heterocycles. The molecular formula is C19H22N2O. The Balaban J connectivity index is 1.48. The lowest BCUT2D eigenvalue weighted by Crippen LogP contribution is -2.15. The molecule has 3 aromatic rings. The number of methoxy groups -OCH3 is 1. The van der Waals surface area contributed by atoms with Crippen LogP contribution in [0.5, 0.6) is 5.75 Å². The average molecular weight is 294 g/mol. The zero-order valence-corrected chi connectivity index (χ0v) is 12.9. The van der Waals surface area contributed by atoms with E-state index in [1.165, 1.54) is 22.0 Å². The van der Waals surface area contributed by atoms with Crippen LogP contribution in [-0.4, -0.2) is 18.6 Å². The Bertz CT molecular complexity index is 733. The number of ether oxygens (including phenoxy) is 1. The third-order valence-corrected chi connectivity index (χ3v) is 3.98. The largest absolute Gasteiger partial charge is 0.496 e. The van der Waals surface area contributed by atoms with Gasteiger partial charge in [-0.3, -0.25) is 0 Å². The third kappa shape index (κ3) is 3.31. The number of hydrogen-bond donors (Lipinski definition) is 2. The normalized spacial score (nSPS) is 11.0. The Morgan fingerprint density at radius 2 is 1.82 bits per heavy atom. The van der Waals surface area contributed by atoms with Gasteiger partial charge in [-0.1, -0.05) is 36.4 Å². The molecule has 2 aromatic carbocycles. The maximum Gasteiger partial charge on any atom is 0.123 e. The van der Waals surface area contributed by atoms with Crippen molar-refractivity contribution in [1.82, 2.24) is 10.3 Å². The average Bonchev–Trinajstić information content (AvgIpc) is 2.98. The highest BCUT2D eigenvalue weighted by Crippen LogP contribution is 2.19. The van der Waals surface area contributed by atoms with Gasteiger partial charge in [0.15, 0.2) is 0 Å². The second kappa shape index (κ2) is 7.14. The molecule has 1 heterocycles. The standard InChI is InChI=1S/C19H22N2O/c1-22-19-11-5-2-7-16(19)13-20-12-6-8-15-14-21-18-10-4-3-9-17(15)18/h2-5,7,9-11,14,20-21H,6,8,12-13H2,1H3. The summed E-state index contributed by atoms with van der Waals surface area (Å²) in [4.78, 5) is 3.33. The van der Waals surface area contributed by atoms with E-state index in [1.54, 1.807) is 7.11 Å². The fourth-order valence-electron chi connectivity index (χ4n) is 2.81. The van der Waals surface area contributed by atoms with Crippen molar-refractivity contribution in [3.05, 3.63) is 65.9 Å². The molecule has 0 bridgehead atoms. The van der Waals surface area contributed by atoms with E-state index in [2.05, 4.69) is 46.8 Å². The third-order valence-electron chi connectivity index (χ3n) is 3.98. The summed E-state index contributed by atoms with van der Waals surface area (Å²) in [5, 5.41) is 4.84. The minimum Gasteiger partial charge on any atom is -0.496 e. The van der Waals surface area contributed by atoms with Crippen molar-refractivity contribution in [2.45, 2.75) is 19.4 Å². The second-order valence-corrected chi connectivity index (χ2v) is 5.45. The fourth-order valence-corrected chi connectivity index (χ4v) is 2.81. The molecule has 114 valence electrons. The Hall–Kier alpha value is -2.26. The van der Waals surface area contributed by atoms with Crippen LogP contribution in [0.3, 0.4) is 0 Å². The molecule has 0 saturated carbocycles. The van der Waals surface area contributed by atoms with E-state index in [9.17, 15) is 0 Å². The van der Waals surface area contributed by atoms with Gasteiger partial charge in [0.1, 0.15) is 5.75 Å². The van der Waals surface area contributed by atoms with Crippen molar-refractivity contribution >= 4 is 10.9 Å². The monoisotopic (exact) mass is 294 g/mol. The molecule has 0 amide bonds. The molecule has 0 aliphatic heterocycles. The van der Waals surface area contributed by atoms with Crippen LogP contribution in [0, 0.1) is 0 Å². The molecule has 3 rings (SSSR count). The van der Waals surface area contributed by atoms with Crippen molar-refractivity contribution in [2.75, 3.05) is 13.7 Å². The number of fused-ring (bicyclic) bond motifs is 1. The van der Waals surface area contributed by atoms with Crippen molar-refractivity contribution < 1.29 is 4.74 Å². The molecular weight excluding hydrogens is 272 g/mol. The van der Waals surface area contributed by atoms with E-state index in [-0.39, 0.29) is 0 Å². The number of hydrogen-bond acceptors (Lipinski definition) is 2. The number of rotatable bonds is 7. The van der Waals surface area contributed by atoms with E-state index in [1.807, 2.05) is 18.2 Å². The lowest BCUT2D eigenvalue weighted by molar-refractivity contribution is 0.407. The number of aryl methyl sites for hydroxylation is 1. The number of benzene rings is 2. The van der Waals surface area contributed by atoms with E-state index < -0.39 is 0 Å². The Kier molecular flexibility index (Phi) is 4.76. The topological polar surface area (TPSA) is 37.0 Å². The lowest BCUT2D eigenvalue weighted by atomic mass is 10.1. The number of H-pyrrole nitrogens is 1. The maximum absolute atomic E-state index is 5.37. The molecule has 22 heavy (non-hydrogen) atoms. The van der Waals surface area contributed by atoms with Gasteiger partial charge in [0.05, 0.1) is 7.11 Å². The fraction of sp³-hybridized carbons (Fsp3) is 0.263. The number of aromatic amines is 1. The Morgan fingerprint density at radius 1 is 1.00 bits per heavy atom. The summed E-state index contributed by atoms with van der Waals surface area (Å²) in [6.07, 6.45) is 4.34. The molecule has 0 atom stereocenters. The Morgan fingerprint density at radius 3 is 2.73 bits per heavy atom. The molecule has 0 unspecified atom stereocenters. The minimum absolute atomic E-state index is 0.845. The molecule has 2 N–H and O–H groups in total. The highest BCUT2D eigenvalue weighted by atomic mass is 16.5. The molecule has 3 nitrogen and oxygen atoms in total. The minimum atomic E-state index is 0.845. The van der Waals surface area contributed by atoms with Crippen molar-refractivity contribution in [3.63, 3.8) is 0 Å². The summed E-state index contributed by atoms with van der Waals surface area (Å²) >= 11 is 0. The van der Waals surface area contributed by atoms with Gasteiger partial charge in [0.2, 0.25) is 0 Å². The van der Waals surface area contributed by atoms with Crippen molar-refractivity contribution in [1.29, 1.82) is 0 Å². The first-order valence-corrected chi connectivity index (χ1v) is 7.76. The van der Waals surface area contributed by atoms with Gasteiger partial charge in [-0.2, -0.15) is 0 Å². The van der Waals surface area contributed by atoms with Gasteiger partial charge in [0.25, 0.3) is 0 Å². The van der Waals surface area contributed by atoms with Gasteiger partial charge >= 0.3 is 0 Å². The van der Waals surface area contributed by atoms with Gasteiger partial charge in [-0.25, -0.2) is 0 Å². The highest BCUT2D eigenvalue weighted by molar-refractivity contribution is 5.82. The van der Waals surface area contributed by atoms with Crippen LogP contribution in [0.1, 0.15) is 17.5 Å². The Labute approximate surface area is 131 Å². The predicted molar refractivity (Wildman–Crippen MR) is 91.3 cm³/mol. The summed E-state index contributed by atoms with van der Waals surface area (Å²) in [7, 11) is 1.72. The first-order chi connectivity index (χ1) is 10.9. The van der Waals surface area contributed by atoms with Crippen LogP contribution in [0.25, 0.3) is 10.9 Å². The maximum atomic E-state index is 5.37. The quantitative estimate of drug-likeness (QED) is 0.648. The van der Waals surface area contributed by atoms with Gasteiger partial charge in [-0.15, -0.1) is 0 Å². The summed E-state index contributed by atoms with van der Waals surface area (Å²) in [5.41, 5.74) is 3.83. The zero-order chi connectivity index (χ0) is 15.2. The van der Waals surface area contributed by atoms with Crippen LogP contribution in [0.15, 0.2) is 54.7 Å². The molecule has 0 aliphatic rings. The van der Waals surface area contributed by atoms with Gasteiger partial charge in [0, 0.05) is 29.2 Å². The second-order valence-electron chi connectivity index (χ2n) is 5.45. The highest BCUT2D eigenvalue weighted by Gasteiger charge is 2.03. The summed E-state index contributed by atoms with van der Waals surface area (Å²) in [5.74, 6) is 0.951. The van der Waals surface area contributed by atoms with Crippen molar-refractivity contribution in [3.8, 4) is 5.75 Å². The first kappa shape index (κ1) is 14.7. The number of para-hydroxylation sites is 2. The van der Waals surface area contributed by atoms with Crippen LogP contribution in [-0.2, 0) is 13.0 Å². The van der Waals surface area contributed by atoms with Gasteiger partial charge < -0.3 is 15.0 Å². The SMILES string of the molecule is COc1ccccc1CNCCCc1c[nH]c2ccccc12. The predicted octanol–water partition coefficient (Wildman–Crippen LogP) is 3.90. The van der Waals surface area contributed by atoms with E-state index in [0.29, 0.717) is 0 Å². The summed E-state index contributed by atoms with van der Waals surface area (Å²) in [6, 6.07) is 16.6. The van der Waals surface area contributed by atoms with Crippen LogP contribution in [0.2, 0.25) is 0 Å². The molecule has 3 heteroatoms. The summed E-state index contributed by atoms with van der Waals surface area (Å²) < 4.78 is 5.37. The smallest absolute Gasteiger partial charge is 0.123 e. The molecule has 0 spiro atoms. The molecule has 0 saturated heterocycles. The van der Waals surface area contributed by atoms with E-state index in [4.69, 9.17) is 4.74 Å². The van der Waals surface area contributed by atoms with E-state index in [0.717, 1.165) is 31.7 Å². The van der Waals surface area contributed by atoms with Crippen molar-refractivity contribution in [2.24, 2.45) is 0 Å². The van der Waals surface area contributed by atoms with E-state index >= 15 is 0 Å². The zero-order valence-electron chi connectivity index (χ0n) is 12.9. The first-order valence-electron chi connectivity index (χ1n) is 7.76. The van der Waals surface area contributed by atoms with Crippen LogP contribution >= 0.6 is 0 Å². The molecule has 0 aliphatic carbocycles. The molecule has 0 fully saturated rings. The number of aromatic nitrogens is 1. The van der Waals surface area contributed by atoms with Crippen LogP contribution < -0.4 is 10.1 Å². The van der Waals surface area contributed by atoms with Gasteiger partial charge in [-0.05, 0) is 37.1 Å². The number of nitrogens with one attached hydrogen (secondary N) is 2. The summed E-state index contributed by atoms with van der Waals surface area (Å²) in [6.45, 7) is 1.84. The van der Waals surface area contributed by atoms with Crippen LogP contribution in [0.4, 0.5) is 0 Å². The molecule has 0 radical (unpaired) electrons. The lowest BCUT2D eigenvalue weighted by Gasteiger charge is -2.09.